The van der Waals surface area contributed by atoms with Crippen LogP contribution in [-0.4, -0.2) is 17.1 Å². The summed E-state index contributed by atoms with van der Waals surface area (Å²) in [5.74, 6) is -0.201. The number of aryl methyl sites for hydroxylation is 1. The van der Waals surface area contributed by atoms with Crippen LogP contribution in [0.15, 0.2) is 97.1 Å². The molecule has 2 amide bonds. The van der Waals surface area contributed by atoms with Gasteiger partial charge in [0.1, 0.15) is 11.9 Å². The van der Waals surface area contributed by atoms with E-state index in [0.717, 1.165) is 16.5 Å². The van der Waals surface area contributed by atoms with Gasteiger partial charge in [-0.25, -0.2) is 4.79 Å². The van der Waals surface area contributed by atoms with Crippen molar-refractivity contribution in [2.75, 3.05) is 16.4 Å². The molecule has 0 heterocycles. The summed E-state index contributed by atoms with van der Waals surface area (Å²) in [5, 5.41) is 17.5. The molecule has 0 radical (unpaired) electrons. The normalized spacial score (nSPS) is 12.7. The van der Waals surface area contributed by atoms with Gasteiger partial charge in [-0.2, -0.15) is 0 Å². The molecule has 2 atom stereocenters. The van der Waals surface area contributed by atoms with E-state index >= 15 is 0 Å². The molecular formula is C32H33N3O4. The lowest BCUT2D eigenvalue weighted by Gasteiger charge is -2.26. The molecule has 0 saturated heterocycles. The molecule has 7 heteroatoms. The predicted molar refractivity (Wildman–Crippen MR) is 157 cm³/mol. The van der Waals surface area contributed by atoms with Gasteiger partial charge in [-0.05, 0) is 67.5 Å². The zero-order valence-electron chi connectivity index (χ0n) is 22.1. The number of anilines is 3. The quantitative estimate of drug-likeness (QED) is 0.135. The Morgan fingerprint density at radius 3 is 2.36 bits per heavy atom. The highest BCUT2D eigenvalue weighted by Crippen LogP contribution is 2.37. The van der Waals surface area contributed by atoms with E-state index in [0.29, 0.717) is 35.3 Å². The molecule has 0 aromatic heterocycles. The lowest BCUT2D eigenvalue weighted by Crippen LogP contribution is -2.22. The molecule has 39 heavy (non-hydrogen) atoms. The molecule has 0 aliphatic heterocycles. The van der Waals surface area contributed by atoms with Crippen molar-refractivity contribution in [2.45, 2.75) is 32.8 Å². The molecule has 4 aromatic carbocycles. The maximum atomic E-state index is 12.9. The number of carbonyl (C=O) groups excluding carboxylic acids is 2. The minimum absolute atomic E-state index is 0.0980. The van der Waals surface area contributed by atoms with Crippen LogP contribution in [0.2, 0.25) is 0 Å². The molecule has 0 aliphatic rings. The van der Waals surface area contributed by atoms with Gasteiger partial charge in [-0.15, -0.1) is 0 Å². The van der Waals surface area contributed by atoms with Gasteiger partial charge in [0, 0.05) is 16.6 Å². The molecule has 0 bridgehead atoms. The van der Waals surface area contributed by atoms with Crippen molar-refractivity contribution in [3.8, 4) is 5.75 Å². The molecule has 0 fully saturated rings. The van der Waals surface area contributed by atoms with Crippen LogP contribution in [0.25, 0.3) is 10.8 Å². The third-order valence-electron chi connectivity index (χ3n) is 6.57. The topological polar surface area (TPSA) is 114 Å². The first kappa shape index (κ1) is 27.3. The van der Waals surface area contributed by atoms with Gasteiger partial charge in [-0.3, -0.25) is 10.1 Å². The molecule has 4 aromatic rings. The molecule has 5 N–H and O–H groups in total. The molecule has 0 saturated carbocycles. The van der Waals surface area contributed by atoms with Gasteiger partial charge in [0.15, 0.2) is 0 Å². The number of nitrogen functional groups attached to an aromatic ring is 1. The van der Waals surface area contributed by atoms with Crippen LogP contribution < -0.4 is 16.4 Å². The monoisotopic (exact) mass is 523 g/mol. The SMILES string of the molecule is Cc1ccc(NC(=O)O[C@H](c2ccc(O)c3ccccc23)[C@H](C)CC/C=C/C(=O)Nc2ccccc2N)cc1. The second-order valence-electron chi connectivity index (χ2n) is 9.57. The number of nitrogens with two attached hydrogens (primary N) is 1. The molecule has 200 valence electrons. The number of phenolic OH excluding ortho intramolecular Hbond substituents is 1. The first-order chi connectivity index (χ1) is 18.8. The Hall–Kier alpha value is -4.78. The van der Waals surface area contributed by atoms with Gasteiger partial charge in [-0.1, -0.05) is 73.2 Å². The predicted octanol–water partition coefficient (Wildman–Crippen LogP) is 7.34. The summed E-state index contributed by atoms with van der Waals surface area (Å²) in [5.41, 5.74) is 9.48. The van der Waals surface area contributed by atoms with Crippen LogP contribution >= 0.6 is 0 Å². The second-order valence-corrected chi connectivity index (χ2v) is 9.57. The number of phenols is 1. The molecular weight excluding hydrogens is 490 g/mol. The van der Waals surface area contributed by atoms with Gasteiger partial charge < -0.3 is 20.9 Å². The number of nitrogens with one attached hydrogen (secondary N) is 2. The Labute approximate surface area is 228 Å². The van der Waals surface area contributed by atoms with Crippen LogP contribution in [0.4, 0.5) is 21.9 Å². The Balaban J connectivity index is 1.48. The number of carbonyl (C=O) groups is 2. The molecule has 7 nitrogen and oxygen atoms in total. The number of hydrogen-bond acceptors (Lipinski definition) is 5. The van der Waals surface area contributed by atoms with Gasteiger partial charge in [0.25, 0.3) is 0 Å². The third-order valence-corrected chi connectivity index (χ3v) is 6.57. The zero-order valence-corrected chi connectivity index (χ0v) is 22.1. The van der Waals surface area contributed by atoms with Crippen LogP contribution in [0, 0.1) is 12.8 Å². The number of fused-ring (bicyclic) bond motifs is 1. The highest BCUT2D eigenvalue weighted by atomic mass is 16.6. The largest absolute Gasteiger partial charge is 0.507 e. The van der Waals surface area contributed by atoms with E-state index < -0.39 is 12.2 Å². The molecule has 0 unspecified atom stereocenters. The van der Waals surface area contributed by atoms with E-state index in [2.05, 4.69) is 10.6 Å². The Morgan fingerprint density at radius 2 is 1.62 bits per heavy atom. The van der Waals surface area contributed by atoms with E-state index in [-0.39, 0.29) is 17.6 Å². The van der Waals surface area contributed by atoms with Crippen molar-refractivity contribution < 1.29 is 19.4 Å². The van der Waals surface area contributed by atoms with E-state index in [1.165, 1.54) is 6.08 Å². The highest BCUT2D eigenvalue weighted by molar-refractivity contribution is 6.01. The average molecular weight is 524 g/mol. The average Bonchev–Trinajstić information content (AvgIpc) is 2.93. The van der Waals surface area contributed by atoms with Crippen molar-refractivity contribution in [3.63, 3.8) is 0 Å². The second kappa shape index (κ2) is 12.6. The minimum Gasteiger partial charge on any atom is -0.507 e. The summed E-state index contributed by atoms with van der Waals surface area (Å²) < 4.78 is 6.00. The highest BCUT2D eigenvalue weighted by Gasteiger charge is 2.26. The van der Waals surface area contributed by atoms with E-state index in [1.54, 1.807) is 42.5 Å². The molecule has 4 rings (SSSR count). The summed E-state index contributed by atoms with van der Waals surface area (Å²) >= 11 is 0. The van der Waals surface area contributed by atoms with E-state index in [9.17, 15) is 14.7 Å². The van der Waals surface area contributed by atoms with Crippen molar-refractivity contribution in [2.24, 2.45) is 5.92 Å². The number of aromatic hydroxyl groups is 1. The van der Waals surface area contributed by atoms with Crippen LogP contribution in [0.1, 0.15) is 37.0 Å². The van der Waals surface area contributed by atoms with Crippen LogP contribution in [0.3, 0.4) is 0 Å². The van der Waals surface area contributed by atoms with Crippen LogP contribution in [-0.2, 0) is 9.53 Å². The van der Waals surface area contributed by atoms with Crippen molar-refractivity contribution in [1.29, 1.82) is 0 Å². The number of para-hydroxylation sites is 2. The summed E-state index contributed by atoms with van der Waals surface area (Å²) in [4.78, 5) is 25.3. The summed E-state index contributed by atoms with van der Waals surface area (Å²) in [6.07, 6.45) is 3.36. The van der Waals surface area contributed by atoms with Crippen molar-refractivity contribution >= 4 is 39.8 Å². The maximum Gasteiger partial charge on any atom is 0.412 e. The fourth-order valence-corrected chi connectivity index (χ4v) is 4.43. The zero-order chi connectivity index (χ0) is 27.8. The number of rotatable bonds is 9. The summed E-state index contributed by atoms with van der Waals surface area (Å²) in [7, 11) is 0. The number of hydrogen-bond donors (Lipinski definition) is 4. The first-order valence-corrected chi connectivity index (χ1v) is 12.9. The van der Waals surface area contributed by atoms with Gasteiger partial charge in [0.2, 0.25) is 5.91 Å². The summed E-state index contributed by atoms with van der Waals surface area (Å²) in [6.45, 7) is 3.98. The van der Waals surface area contributed by atoms with Gasteiger partial charge in [0.05, 0.1) is 11.4 Å². The minimum atomic E-state index is -0.590. The Kier molecular flexibility index (Phi) is 8.84. The molecule has 0 aliphatic carbocycles. The standard InChI is InChI=1S/C32H33N3O4/c1-21-15-17-23(18-16-21)34-32(38)39-31(26-19-20-29(36)25-11-5-4-10-24(25)26)22(2)9-3-8-14-30(37)35-28-13-7-6-12-27(28)33/h4-8,10-20,22,31,36H,3,9,33H2,1-2H3,(H,34,38)(H,35,37)/b14-8+/t22-,31+/m1/s1. The lowest BCUT2D eigenvalue weighted by molar-refractivity contribution is -0.111. The van der Waals surface area contributed by atoms with Crippen molar-refractivity contribution in [3.05, 3.63) is 108 Å². The smallest absolute Gasteiger partial charge is 0.412 e. The molecule has 0 spiro atoms. The number of amides is 2. The maximum absolute atomic E-state index is 12.9. The van der Waals surface area contributed by atoms with Crippen LogP contribution in [0.5, 0.6) is 5.75 Å². The van der Waals surface area contributed by atoms with E-state index in [4.69, 9.17) is 10.5 Å². The number of benzene rings is 4. The van der Waals surface area contributed by atoms with Crippen molar-refractivity contribution in [1.82, 2.24) is 0 Å². The first-order valence-electron chi connectivity index (χ1n) is 12.9. The number of allylic oxidation sites excluding steroid dienone is 1. The fourth-order valence-electron chi connectivity index (χ4n) is 4.43. The third kappa shape index (κ3) is 7.17. The lowest BCUT2D eigenvalue weighted by atomic mass is 9.89. The van der Waals surface area contributed by atoms with Gasteiger partial charge >= 0.3 is 6.09 Å². The number of ether oxygens (including phenoxy) is 1. The summed E-state index contributed by atoms with van der Waals surface area (Å²) in [6, 6.07) is 25.5. The Bertz CT molecular complexity index is 1480. The fraction of sp³-hybridized carbons (Fsp3) is 0.188. The van der Waals surface area contributed by atoms with E-state index in [1.807, 2.05) is 62.4 Å². The Morgan fingerprint density at radius 1 is 0.923 bits per heavy atom.